The summed E-state index contributed by atoms with van der Waals surface area (Å²) in [5.74, 6) is 0.570. The van der Waals surface area contributed by atoms with Gasteiger partial charge in [0.2, 0.25) is 0 Å². The van der Waals surface area contributed by atoms with Crippen LogP contribution in [-0.4, -0.2) is 19.4 Å². The SMILES string of the molecule is COC(=O)N/N=C/c1ccc(I)o1. The van der Waals surface area contributed by atoms with Gasteiger partial charge in [-0.25, -0.2) is 10.2 Å². The number of carbonyl (C=O) groups is 1. The summed E-state index contributed by atoms with van der Waals surface area (Å²) in [5, 5.41) is 3.58. The van der Waals surface area contributed by atoms with Gasteiger partial charge >= 0.3 is 6.09 Å². The van der Waals surface area contributed by atoms with E-state index in [0.29, 0.717) is 5.76 Å². The second-order valence-corrected chi connectivity index (χ2v) is 3.07. The van der Waals surface area contributed by atoms with Crippen LogP contribution < -0.4 is 5.43 Å². The molecule has 0 spiro atoms. The van der Waals surface area contributed by atoms with E-state index in [-0.39, 0.29) is 0 Å². The fraction of sp³-hybridized carbons (Fsp3) is 0.143. The van der Waals surface area contributed by atoms with Crippen LogP contribution in [0.25, 0.3) is 0 Å². The first-order chi connectivity index (χ1) is 6.22. The van der Waals surface area contributed by atoms with Crippen LogP contribution in [0.5, 0.6) is 0 Å². The molecule has 0 unspecified atom stereocenters. The maximum atomic E-state index is 10.5. The molecule has 1 N–H and O–H groups in total. The van der Waals surface area contributed by atoms with Gasteiger partial charge in [0.1, 0.15) is 5.76 Å². The summed E-state index contributed by atoms with van der Waals surface area (Å²) in [6.07, 6.45) is 0.775. The molecule has 0 radical (unpaired) electrons. The van der Waals surface area contributed by atoms with Gasteiger partial charge in [-0.2, -0.15) is 5.10 Å². The number of amides is 1. The molecule has 5 nitrogen and oxygen atoms in total. The molecular weight excluding hydrogens is 287 g/mol. The van der Waals surface area contributed by atoms with E-state index in [9.17, 15) is 4.79 Å². The molecular formula is C7H7IN2O3. The second kappa shape index (κ2) is 4.85. The molecule has 6 heteroatoms. The van der Waals surface area contributed by atoms with Crippen molar-refractivity contribution < 1.29 is 13.9 Å². The number of methoxy groups -OCH3 is 1. The average molecular weight is 294 g/mol. The zero-order chi connectivity index (χ0) is 9.68. The Morgan fingerprint density at radius 1 is 1.77 bits per heavy atom. The van der Waals surface area contributed by atoms with Crippen molar-refractivity contribution in [1.82, 2.24) is 5.43 Å². The van der Waals surface area contributed by atoms with E-state index in [4.69, 9.17) is 4.42 Å². The van der Waals surface area contributed by atoms with Crippen LogP contribution in [0.3, 0.4) is 0 Å². The van der Waals surface area contributed by atoms with Gasteiger partial charge in [-0.05, 0) is 34.7 Å². The van der Waals surface area contributed by atoms with E-state index in [2.05, 4.69) is 15.3 Å². The molecule has 1 amide bonds. The predicted molar refractivity (Wildman–Crippen MR) is 54.6 cm³/mol. The lowest BCUT2D eigenvalue weighted by Crippen LogP contribution is -2.16. The summed E-state index contributed by atoms with van der Waals surface area (Å²) in [7, 11) is 1.26. The van der Waals surface area contributed by atoms with E-state index in [0.717, 1.165) is 3.77 Å². The predicted octanol–water partition coefficient (Wildman–Crippen LogP) is 1.57. The van der Waals surface area contributed by atoms with Crippen molar-refractivity contribution in [3.63, 3.8) is 0 Å². The van der Waals surface area contributed by atoms with Crippen molar-refractivity contribution in [2.75, 3.05) is 7.11 Å². The van der Waals surface area contributed by atoms with Crippen LogP contribution in [0.1, 0.15) is 5.76 Å². The zero-order valence-electron chi connectivity index (χ0n) is 6.78. The molecule has 0 aliphatic rings. The van der Waals surface area contributed by atoms with E-state index >= 15 is 0 Å². The van der Waals surface area contributed by atoms with Gasteiger partial charge in [0.15, 0.2) is 3.77 Å². The summed E-state index contributed by atoms with van der Waals surface area (Å²) in [6.45, 7) is 0. The molecule has 1 aromatic rings. The van der Waals surface area contributed by atoms with Crippen LogP contribution in [0.15, 0.2) is 21.7 Å². The van der Waals surface area contributed by atoms with Gasteiger partial charge in [-0.15, -0.1) is 0 Å². The highest BCUT2D eigenvalue weighted by Gasteiger charge is 1.96. The molecule has 0 saturated heterocycles. The summed E-state index contributed by atoms with van der Waals surface area (Å²) in [4.78, 5) is 10.5. The van der Waals surface area contributed by atoms with E-state index in [1.54, 1.807) is 12.1 Å². The topological polar surface area (TPSA) is 63.8 Å². The number of halogens is 1. The Morgan fingerprint density at radius 3 is 3.08 bits per heavy atom. The summed E-state index contributed by atoms with van der Waals surface area (Å²) in [6, 6.07) is 3.53. The Bertz CT molecular complexity index is 321. The Balaban J connectivity index is 2.45. The number of hydrogen-bond acceptors (Lipinski definition) is 4. The molecule has 0 aliphatic carbocycles. The van der Waals surface area contributed by atoms with Gasteiger partial charge in [-0.1, -0.05) is 0 Å². The number of furan rings is 1. The van der Waals surface area contributed by atoms with E-state index in [1.807, 2.05) is 22.6 Å². The molecule has 0 aliphatic heterocycles. The quantitative estimate of drug-likeness (QED) is 0.511. The third kappa shape index (κ3) is 3.45. The largest absolute Gasteiger partial charge is 0.452 e. The van der Waals surface area contributed by atoms with Crippen molar-refractivity contribution in [2.45, 2.75) is 0 Å². The second-order valence-electron chi connectivity index (χ2n) is 2.00. The first-order valence-corrected chi connectivity index (χ1v) is 4.42. The third-order valence-electron chi connectivity index (χ3n) is 1.13. The summed E-state index contributed by atoms with van der Waals surface area (Å²) in [5.41, 5.74) is 2.14. The Labute approximate surface area is 88.3 Å². The van der Waals surface area contributed by atoms with Crippen LogP contribution in [-0.2, 0) is 4.74 Å². The number of hydrogen-bond donors (Lipinski definition) is 1. The van der Waals surface area contributed by atoms with Crippen LogP contribution in [0, 0.1) is 3.77 Å². The maximum Gasteiger partial charge on any atom is 0.427 e. The monoisotopic (exact) mass is 294 g/mol. The molecule has 0 aromatic carbocycles. The molecule has 0 fully saturated rings. The van der Waals surface area contributed by atoms with Crippen LogP contribution in [0.4, 0.5) is 4.79 Å². The molecule has 1 aromatic heterocycles. The summed E-state index contributed by atoms with van der Waals surface area (Å²) < 4.78 is 10.2. The third-order valence-corrected chi connectivity index (χ3v) is 1.71. The number of ether oxygens (including phenoxy) is 1. The number of nitrogens with one attached hydrogen (secondary N) is 1. The minimum Gasteiger partial charge on any atom is -0.452 e. The molecule has 70 valence electrons. The number of nitrogens with zero attached hydrogens (tertiary/aromatic N) is 1. The van der Waals surface area contributed by atoms with Crippen molar-refractivity contribution in [3.05, 3.63) is 21.7 Å². The fourth-order valence-electron chi connectivity index (χ4n) is 0.592. The zero-order valence-corrected chi connectivity index (χ0v) is 8.94. The summed E-state index contributed by atoms with van der Waals surface area (Å²) >= 11 is 2.03. The van der Waals surface area contributed by atoms with Gasteiger partial charge < -0.3 is 9.15 Å². The van der Waals surface area contributed by atoms with Gasteiger partial charge in [0.25, 0.3) is 0 Å². The Hall–Kier alpha value is -1.05. The Morgan fingerprint density at radius 2 is 2.54 bits per heavy atom. The van der Waals surface area contributed by atoms with Gasteiger partial charge in [0, 0.05) is 0 Å². The molecule has 0 atom stereocenters. The van der Waals surface area contributed by atoms with E-state index < -0.39 is 6.09 Å². The highest BCUT2D eigenvalue weighted by Crippen LogP contribution is 2.07. The first kappa shape index (κ1) is 10.0. The average Bonchev–Trinajstić information content (AvgIpc) is 2.51. The minimum absolute atomic E-state index is 0.570. The van der Waals surface area contributed by atoms with Gasteiger partial charge in [-0.3, -0.25) is 0 Å². The standard InChI is InChI=1S/C7H7IN2O3/c1-12-7(11)10-9-4-5-2-3-6(8)13-5/h2-4H,1H3,(H,10,11)/b9-4+. The van der Waals surface area contributed by atoms with Crippen molar-refractivity contribution in [1.29, 1.82) is 0 Å². The lowest BCUT2D eigenvalue weighted by molar-refractivity contribution is 0.171. The lowest BCUT2D eigenvalue weighted by Gasteiger charge is -1.93. The number of hydrazone groups is 1. The van der Waals surface area contributed by atoms with Crippen molar-refractivity contribution in [2.24, 2.45) is 5.10 Å². The highest BCUT2D eigenvalue weighted by molar-refractivity contribution is 14.1. The minimum atomic E-state index is -0.613. The number of carbonyl (C=O) groups excluding carboxylic acids is 1. The van der Waals surface area contributed by atoms with Crippen molar-refractivity contribution >= 4 is 34.9 Å². The van der Waals surface area contributed by atoms with Crippen molar-refractivity contribution in [3.8, 4) is 0 Å². The maximum absolute atomic E-state index is 10.5. The van der Waals surface area contributed by atoms with E-state index in [1.165, 1.54) is 13.3 Å². The normalized spacial score (nSPS) is 10.3. The smallest absolute Gasteiger partial charge is 0.427 e. The van der Waals surface area contributed by atoms with Crippen LogP contribution >= 0.6 is 22.6 Å². The molecule has 13 heavy (non-hydrogen) atoms. The molecule has 1 heterocycles. The lowest BCUT2D eigenvalue weighted by atomic mass is 10.5. The molecule has 0 saturated carbocycles. The molecule has 0 bridgehead atoms. The van der Waals surface area contributed by atoms with Crippen LogP contribution in [0.2, 0.25) is 0 Å². The molecule has 1 rings (SSSR count). The number of rotatable bonds is 2. The fourth-order valence-corrected chi connectivity index (χ4v) is 1.03. The highest BCUT2D eigenvalue weighted by atomic mass is 127. The van der Waals surface area contributed by atoms with Gasteiger partial charge in [0.05, 0.1) is 13.3 Å². The first-order valence-electron chi connectivity index (χ1n) is 3.34. The Kier molecular flexibility index (Phi) is 3.74.